The van der Waals surface area contributed by atoms with E-state index in [4.69, 9.17) is 39.8 Å². The molecule has 4 aromatic rings. The molecule has 0 aliphatic carbocycles. The number of hydrogen-bond donors (Lipinski definition) is 2. The second-order valence-electron chi connectivity index (χ2n) is 6.12. The number of aryl methyl sites for hydroxylation is 1. The van der Waals surface area contributed by atoms with Crippen LogP contribution in [0.5, 0.6) is 0 Å². The molecule has 0 spiro atoms. The SMILES string of the molecule is S=c1[nH]nc(CCSc2nnc(Cc3ccccc3Nc3c(Cl)cccc3Cl)s2)o1. The molecule has 2 aromatic carbocycles. The number of thioether (sulfide) groups is 1. The van der Waals surface area contributed by atoms with Gasteiger partial charge in [-0.05, 0) is 36.0 Å². The highest BCUT2D eigenvalue weighted by Crippen LogP contribution is 2.34. The standard InChI is InChI=1S/C19H15Cl2N5OS3/c20-12-5-3-6-13(21)17(12)22-14-7-2-1-4-11(14)10-16-24-26-19(30-16)29-9-8-15-23-25-18(28)27-15/h1-7,22H,8-10H2,(H,25,28). The molecule has 4 rings (SSSR count). The fraction of sp³-hybridized carbons (Fsp3) is 0.158. The molecule has 6 nitrogen and oxygen atoms in total. The number of rotatable bonds is 8. The van der Waals surface area contributed by atoms with Gasteiger partial charge in [-0.25, -0.2) is 5.10 Å². The number of anilines is 2. The normalized spacial score (nSPS) is 11.0. The van der Waals surface area contributed by atoms with E-state index in [9.17, 15) is 0 Å². The van der Waals surface area contributed by atoms with Gasteiger partial charge < -0.3 is 9.73 Å². The van der Waals surface area contributed by atoms with Crippen molar-refractivity contribution in [3.8, 4) is 0 Å². The van der Waals surface area contributed by atoms with Crippen molar-refractivity contribution in [2.75, 3.05) is 11.1 Å². The maximum absolute atomic E-state index is 6.30. The van der Waals surface area contributed by atoms with Crippen LogP contribution in [0, 0.1) is 4.84 Å². The molecule has 0 radical (unpaired) electrons. The maximum Gasteiger partial charge on any atom is 0.284 e. The topological polar surface area (TPSA) is 79.6 Å². The summed E-state index contributed by atoms with van der Waals surface area (Å²) in [5.74, 6) is 1.37. The van der Waals surface area contributed by atoms with E-state index >= 15 is 0 Å². The Hall–Kier alpha value is -1.91. The molecule has 2 heterocycles. The van der Waals surface area contributed by atoms with Crippen molar-refractivity contribution in [3.63, 3.8) is 0 Å². The van der Waals surface area contributed by atoms with Crippen LogP contribution in [-0.4, -0.2) is 26.1 Å². The van der Waals surface area contributed by atoms with Gasteiger partial charge in [-0.2, -0.15) is 0 Å². The highest BCUT2D eigenvalue weighted by Gasteiger charge is 2.12. The van der Waals surface area contributed by atoms with E-state index in [1.165, 1.54) is 0 Å². The zero-order chi connectivity index (χ0) is 20.9. The first kappa shape index (κ1) is 21.3. The smallest absolute Gasteiger partial charge is 0.284 e. The lowest BCUT2D eigenvalue weighted by atomic mass is 10.1. The minimum atomic E-state index is 0.290. The van der Waals surface area contributed by atoms with Crippen molar-refractivity contribution in [2.45, 2.75) is 17.2 Å². The molecule has 0 aliphatic rings. The van der Waals surface area contributed by atoms with Gasteiger partial charge in [-0.3, -0.25) is 0 Å². The van der Waals surface area contributed by atoms with Gasteiger partial charge in [0.15, 0.2) is 4.34 Å². The summed E-state index contributed by atoms with van der Waals surface area (Å²) in [7, 11) is 0. The third kappa shape index (κ3) is 5.41. The predicted molar refractivity (Wildman–Crippen MR) is 125 cm³/mol. The highest BCUT2D eigenvalue weighted by molar-refractivity contribution is 8.01. The molecule has 0 aliphatic heterocycles. The van der Waals surface area contributed by atoms with Gasteiger partial charge in [0.25, 0.3) is 4.84 Å². The molecule has 0 amide bonds. The van der Waals surface area contributed by atoms with Crippen molar-refractivity contribution < 1.29 is 4.42 Å². The molecule has 0 atom stereocenters. The van der Waals surface area contributed by atoms with Crippen molar-refractivity contribution in [3.05, 3.63) is 73.8 Å². The molecule has 30 heavy (non-hydrogen) atoms. The van der Waals surface area contributed by atoms with Crippen LogP contribution in [-0.2, 0) is 12.8 Å². The number of nitrogens with one attached hydrogen (secondary N) is 2. The molecule has 0 unspecified atom stereocenters. The molecule has 0 fully saturated rings. The minimum Gasteiger partial charge on any atom is -0.414 e. The number of para-hydroxylation sites is 2. The number of aromatic amines is 1. The zero-order valence-corrected chi connectivity index (χ0v) is 19.4. The Kier molecular flexibility index (Phi) is 7.06. The summed E-state index contributed by atoms with van der Waals surface area (Å²) >= 11 is 20.7. The van der Waals surface area contributed by atoms with Crippen LogP contribution in [0.15, 0.2) is 51.2 Å². The molecular formula is C19H15Cl2N5OS3. The van der Waals surface area contributed by atoms with Gasteiger partial charge in [-0.1, -0.05) is 70.6 Å². The van der Waals surface area contributed by atoms with E-state index in [2.05, 4.69) is 25.7 Å². The van der Waals surface area contributed by atoms with Crippen molar-refractivity contribution in [1.29, 1.82) is 0 Å². The van der Waals surface area contributed by atoms with Gasteiger partial charge in [0.05, 0.1) is 15.7 Å². The Morgan fingerprint density at radius 1 is 1.10 bits per heavy atom. The first-order valence-corrected chi connectivity index (χ1v) is 11.8. The summed E-state index contributed by atoms with van der Waals surface area (Å²) in [5, 5.41) is 20.6. The van der Waals surface area contributed by atoms with E-state index in [1.807, 2.05) is 30.3 Å². The third-order valence-corrected chi connectivity index (χ3v) is 6.92. The van der Waals surface area contributed by atoms with E-state index < -0.39 is 0 Å². The Balaban J connectivity index is 1.42. The molecule has 2 aromatic heterocycles. The predicted octanol–water partition coefficient (Wildman–Crippen LogP) is 6.56. The second kappa shape index (κ2) is 9.93. The fourth-order valence-corrected chi connectivity index (χ4v) is 5.22. The highest BCUT2D eigenvalue weighted by atomic mass is 35.5. The van der Waals surface area contributed by atoms with E-state index in [1.54, 1.807) is 35.2 Å². The summed E-state index contributed by atoms with van der Waals surface area (Å²) in [4.78, 5) is 0.290. The Labute approximate surface area is 196 Å². The lowest BCUT2D eigenvalue weighted by Crippen LogP contribution is -1.98. The number of hydrogen-bond acceptors (Lipinski definition) is 8. The maximum atomic E-state index is 6.30. The molecule has 2 N–H and O–H groups in total. The zero-order valence-electron chi connectivity index (χ0n) is 15.4. The first-order valence-electron chi connectivity index (χ1n) is 8.87. The fourth-order valence-electron chi connectivity index (χ4n) is 2.67. The molecule has 0 bridgehead atoms. The van der Waals surface area contributed by atoms with Crippen LogP contribution < -0.4 is 5.32 Å². The lowest BCUT2D eigenvalue weighted by Gasteiger charge is -2.13. The lowest BCUT2D eigenvalue weighted by molar-refractivity contribution is 0.488. The van der Waals surface area contributed by atoms with Crippen LogP contribution >= 0.6 is 58.5 Å². The van der Waals surface area contributed by atoms with Crippen molar-refractivity contribution in [1.82, 2.24) is 20.4 Å². The van der Waals surface area contributed by atoms with Crippen molar-refractivity contribution >= 4 is 69.9 Å². The number of H-pyrrole nitrogens is 1. The number of aromatic nitrogens is 4. The summed E-state index contributed by atoms with van der Waals surface area (Å²) in [5.41, 5.74) is 2.69. The molecule has 0 saturated carbocycles. The summed E-state index contributed by atoms with van der Waals surface area (Å²) in [6, 6.07) is 13.4. The number of nitrogens with zero attached hydrogens (tertiary/aromatic N) is 3. The van der Waals surface area contributed by atoms with Gasteiger partial charge >= 0.3 is 0 Å². The first-order chi connectivity index (χ1) is 14.6. The number of benzene rings is 2. The monoisotopic (exact) mass is 495 g/mol. The average Bonchev–Trinajstić information content (AvgIpc) is 3.35. The Morgan fingerprint density at radius 3 is 2.67 bits per heavy atom. The molecule has 154 valence electrons. The summed E-state index contributed by atoms with van der Waals surface area (Å²) in [6.07, 6.45) is 1.32. The van der Waals surface area contributed by atoms with Gasteiger partial charge in [0, 0.05) is 24.3 Å². The minimum absolute atomic E-state index is 0.290. The van der Waals surface area contributed by atoms with E-state index in [0.29, 0.717) is 39.3 Å². The Morgan fingerprint density at radius 2 is 1.90 bits per heavy atom. The largest absolute Gasteiger partial charge is 0.414 e. The van der Waals surface area contributed by atoms with Gasteiger partial charge in [-0.15, -0.1) is 15.3 Å². The summed E-state index contributed by atoms with van der Waals surface area (Å²) in [6.45, 7) is 0. The molecular weight excluding hydrogens is 481 g/mol. The van der Waals surface area contributed by atoms with E-state index in [0.717, 1.165) is 26.4 Å². The van der Waals surface area contributed by atoms with Crippen LogP contribution in [0.1, 0.15) is 16.5 Å². The molecule has 0 saturated heterocycles. The van der Waals surface area contributed by atoms with Crippen molar-refractivity contribution in [2.24, 2.45) is 0 Å². The number of halogens is 2. The van der Waals surface area contributed by atoms with Crippen LogP contribution in [0.25, 0.3) is 0 Å². The van der Waals surface area contributed by atoms with Crippen LogP contribution in [0.3, 0.4) is 0 Å². The quantitative estimate of drug-likeness (QED) is 0.211. The second-order valence-corrected chi connectivity index (χ2v) is 9.71. The Bertz CT molecular complexity index is 1190. The van der Waals surface area contributed by atoms with Crippen LogP contribution in [0.2, 0.25) is 10.0 Å². The van der Waals surface area contributed by atoms with Crippen LogP contribution in [0.4, 0.5) is 11.4 Å². The average molecular weight is 496 g/mol. The summed E-state index contributed by atoms with van der Waals surface area (Å²) < 4.78 is 6.16. The van der Waals surface area contributed by atoms with E-state index in [-0.39, 0.29) is 0 Å². The molecule has 11 heteroatoms. The van der Waals surface area contributed by atoms with Gasteiger partial charge in [0.2, 0.25) is 5.89 Å². The van der Waals surface area contributed by atoms with Gasteiger partial charge in [0.1, 0.15) is 5.01 Å². The third-order valence-electron chi connectivity index (χ3n) is 4.05.